The van der Waals surface area contributed by atoms with E-state index in [1.807, 2.05) is 0 Å². The summed E-state index contributed by atoms with van der Waals surface area (Å²) in [6.07, 6.45) is 2.27. The molecule has 0 amide bonds. The minimum Gasteiger partial charge on any atom is -0.497 e. The van der Waals surface area contributed by atoms with Crippen molar-refractivity contribution in [1.82, 2.24) is 10.2 Å². The zero-order chi connectivity index (χ0) is 15.5. The van der Waals surface area contributed by atoms with Gasteiger partial charge in [0.15, 0.2) is 0 Å². The van der Waals surface area contributed by atoms with Gasteiger partial charge >= 0.3 is 0 Å². The summed E-state index contributed by atoms with van der Waals surface area (Å²) in [6.45, 7) is 12.5. The molecule has 21 heavy (non-hydrogen) atoms. The molecule has 1 N–H and O–H groups in total. The monoisotopic (exact) mass is 290 g/mol. The van der Waals surface area contributed by atoms with Gasteiger partial charge in [-0.1, -0.05) is 19.1 Å². The van der Waals surface area contributed by atoms with Crippen molar-refractivity contribution in [2.24, 2.45) is 0 Å². The van der Waals surface area contributed by atoms with Crippen LogP contribution in [0.25, 0.3) is 0 Å². The normalized spacial score (nSPS) is 25.8. The summed E-state index contributed by atoms with van der Waals surface area (Å²) in [4.78, 5) is 2.66. The summed E-state index contributed by atoms with van der Waals surface area (Å²) in [5, 5.41) is 3.68. The van der Waals surface area contributed by atoms with E-state index in [4.69, 9.17) is 4.74 Å². The van der Waals surface area contributed by atoms with E-state index < -0.39 is 0 Å². The number of piperazine rings is 1. The van der Waals surface area contributed by atoms with Gasteiger partial charge in [-0.15, -0.1) is 0 Å². The molecule has 1 aromatic rings. The first-order valence-electron chi connectivity index (χ1n) is 8.01. The summed E-state index contributed by atoms with van der Waals surface area (Å²) < 4.78 is 5.22. The van der Waals surface area contributed by atoms with Crippen molar-refractivity contribution in [2.45, 2.75) is 51.6 Å². The van der Waals surface area contributed by atoms with E-state index in [2.05, 4.69) is 62.2 Å². The zero-order valence-electron chi connectivity index (χ0n) is 14.2. The molecule has 1 unspecified atom stereocenters. The molecule has 1 saturated heterocycles. The number of hydrogen-bond acceptors (Lipinski definition) is 3. The molecule has 1 atom stereocenters. The third kappa shape index (κ3) is 3.98. The second-order valence-electron chi connectivity index (χ2n) is 7.11. The molecule has 1 aliphatic rings. The van der Waals surface area contributed by atoms with Crippen LogP contribution < -0.4 is 10.1 Å². The maximum absolute atomic E-state index is 5.22. The lowest BCUT2D eigenvalue weighted by atomic mass is 9.87. The van der Waals surface area contributed by atoms with Gasteiger partial charge in [0, 0.05) is 30.7 Å². The molecule has 3 heteroatoms. The molecule has 1 fully saturated rings. The predicted octanol–water partition coefficient (Wildman–Crippen LogP) is 3.09. The molecular weight excluding hydrogens is 260 g/mol. The minimum atomic E-state index is 0.203. The molecule has 1 aromatic carbocycles. The molecule has 0 aromatic heterocycles. The first-order chi connectivity index (χ1) is 9.88. The summed E-state index contributed by atoms with van der Waals surface area (Å²) in [6, 6.07) is 8.46. The Morgan fingerprint density at radius 3 is 2.43 bits per heavy atom. The molecule has 1 aliphatic heterocycles. The van der Waals surface area contributed by atoms with Crippen molar-refractivity contribution in [2.75, 3.05) is 26.7 Å². The smallest absolute Gasteiger partial charge is 0.118 e. The second kappa shape index (κ2) is 6.37. The Bertz CT molecular complexity index is 455. The van der Waals surface area contributed by atoms with Crippen LogP contribution in [0, 0.1) is 0 Å². The topological polar surface area (TPSA) is 24.5 Å². The number of nitrogens with one attached hydrogen (secondary N) is 1. The second-order valence-corrected chi connectivity index (χ2v) is 7.11. The molecule has 0 radical (unpaired) electrons. The fourth-order valence-corrected chi connectivity index (χ4v) is 3.02. The van der Waals surface area contributed by atoms with Gasteiger partial charge in [0.2, 0.25) is 0 Å². The third-order valence-electron chi connectivity index (χ3n) is 4.89. The van der Waals surface area contributed by atoms with E-state index in [9.17, 15) is 0 Å². The Morgan fingerprint density at radius 2 is 1.86 bits per heavy atom. The van der Waals surface area contributed by atoms with Crippen molar-refractivity contribution < 1.29 is 4.74 Å². The van der Waals surface area contributed by atoms with Crippen molar-refractivity contribution in [1.29, 1.82) is 0 Å². The standard InChI is InChI=1S/C18H30N2O/c1-6-18(4)13-19-17(2,3)14-20(18)12-11-15-7-9-16(21-5)10-8-15/h7-10,19H,6,11-14H2,1-5H3. The lowest BCUT2D eigenvalue weighted by Gasteiger charge is -2.51. The highest BCUT2D eigenvalue weighted by Gasteiger charge is 2.39. The highest BCUT2D eigenvalue weighted by molar-refractivity contribution is 5.27. The molecule has 0 saturated carbocycles. The Hall–Kier alpha value is -1.06. The average molecular weight is 290 g/mol. The van der Waals surface area contributed by atoms with Gasteiger partial charge in [-0.3, -0.25) is 4.90 Å². The first-order valence-corrected chi connectivity index (χ1v) is 8.01. The summed E-state index contributed by atoms with van der Waals surface area (Å²) >= 11 is 0. The lowest BCUT2D eigenvalue weighted by molar-refractivity contribution is 0.0253. The van der Waals surface area contributed by atoms with Crippen LogP contribution in [0.5, 0.6) is 5.75 Å². The van der Waals surface area contributed by atoms with Crippen LogP contribution in [0.2, 0.25) is 0 Å². The van der Waals surface area contributed by atoms with Gasteiger partial charge in [-0.25, -0.2) is 0 Å². The molecule has 0 bridgehead atoms. The fraction of sp³-hybridized carbons (Fsp3) is 0.667. The van der Waals surface area contributed by atoms with Crippen LogP contribution in [0.1, 0.15) is 39.7 Å². The summed E-state index contributed by atoms with van der Waals surface area (Å²) in [7, 11) is 1.71. The largest absolute Gasteiger partial charge is 0.497 e. The van der Waals surface area contributed by atoms with E-state index in [0.717, 1.165) is 31.8 Å². The quantitative estimate of drug-likeness (QED) is 0.902. The number of benzene rings is 1. The third-order valence-corrected chi connectivity index (χ3v) is 4.89. The maximum Gasteiger partial charge on any atom is 0.118 e. The number of hydrogen-bond donors (Lipinski definition) is 1. The predicted molar refractivity (Wildman–Crippen MR) is 89.0 cm³/mol. The summed E-state index contributed by atoms with van der Waals surface area (Å²) in [5.41, 5.74) is 1.85. The van der Waals surface area contributed by atoms with E-state index >= 15 is 0 Å². The van der Waals surface area contributed by atoms with Crippen LogP contribution in [-0.2, 0) is 6.42 Å². The van der Waals surface area contributed by atoms with Crippen molar-refractivity contribution >= 4 is 0 Å². The molecule has 1 heterocycles. The van der Waals surface area contributed by atoms with Crippen molar-refractivity contribution in [3.8, 4) is 5.75 Å². The zero-order valence-corrected chi connectivity index (χ0v) is 14.2. The van der Waals surface area contributed by atoms with Crippen molar-refractivity contribution in [3.05, 3.63) is 29.8 Å². The van der Waals surface area contributed by atoms with Crippen molar-refractivity contribution in [3.63, 3.8) is 0 Å². The Kier molecular flexibility index (Phi) is 4.95. The number of ether oxygens (including phenoxy) is 1. The minimum absolute atomic E-state index is 0.203. The Balaban J connectivity index is 2.01. The van der Waals surface area contributed by atoms with Crippen LogP contribution in [-0.4, -0.2) is 42.7 Å². The fourth-order valence-electron chi connectivity index (χ4n) is 3.02. The van der Waals surface area contributed by atoms with Gasteiger partial charge in [-0.2, -0.15) is 0 Å². The van der Waals surface area contributed by atoms with E-state index in [1.54, 1.807) is 7.11 Å². The van der Waals surface area contributed by atoms with E-state index in [0.29, 0.717) is 0 Å². The maximum atomic E-state index is 5.22. The molecule has 3 nitrogen and oxygen atoms in total. The number of methoxy groups -OCH3 is 1. The number of nitrogens with zero attached hydrogens (tertiary/aromatic N) is 1. The molecule has 2 rings (SSSR count). The molecule has 118 valence electrons. The number of rotatable bonds is 5. The molecule has 0 aliphatic carbocycles. The van der Waals surface area contributed by atoms with Gasteiger partial charge in [0.05, 0.1) is 7.11 Å². The van der Waals surface area contributed by atoms with Gasteiger partial charge < -0.3 is 10.1 Å². The van der Waals surface area contributed by atoms with Crippen LogP contribution in [0.15, 0.2) is 24.3 Å². The van der Waals surface area contributed by atoms with Crippen LogP contribution >= 0.6 is 0 Å². The highest BCUT2D eigenvalue weighted by Crippen LogP contribution is 2.27. The van der Waals surface area contributed by atoms with Crippen LogP contribution in [0.4, 0.5) is 0 Å². The van der Waals surface area contributed by atoms with Gasteiger partial charge in [0.25, 0.3) is 0 Å². The average Bonchev–Trinajstić information content (AvgIpc) is 2.49. The Labute approximate surface area is 129 Å². The molecular formula is C18H30N2O. The SMILES string of the molecule is CCC1(C)CNC(C)(C)CN1CCc1ccc(OC)cc1. The first kappa shape index (κ1) is 16.3. The van der Waals surface area contributed by atoms with E-state index in [1.165, 1.54) is 12.0 Å². The van der Waals surface area contributed by atoms with E-state index in [-0.39, 0.29) is 11.1 Å². The lowest BCUT2D eigenvalue weighted by Crippen LogP contribution is -2.67. The van der Waals surface area contributed by atoms with Crippen LogP contribution in [0.3, 0.4) is 0 Å². The highest BCUT2D eigenvalue weighted by atomic mass is 16.5. The Morgan fingerprint density at radius 1 is 1.19 bits per heavy atom. The van der Waals surface area contributed by atoms with Gasteiger partial charge in [-0.05, 0) is 51.3 Å². The molecule has 0 spiro atoms. The van der Waals surface area contributed by atoms with Gasteiger partial charge in [0.1, 0.15) is 5.75 Å². The summed E-state index contributed by atoms with van der Waals surface area (Å²) in [5.74, 6) is 0.931.